The fraction of sp³-hybridized carbons (Fsp3) is 0.550. The third-order valence-electron chi connectivity index (χ3n) is 9.19. The molecule has 1 fully saturated rings. The van der Waals surface area contributed by atoms with Crippen molar-refractivity contribution >= 4 is 22.9 Å². The summed E-state index contributed by atoms with van der Waals surface area (Å²) in [5.74, 6) is 4.10. The number of amides is 1. The summed E-state index contributed by atoms with van der Waals surface area (Å²) in [5, 5.41) is 12.6. The number of methoxy groups -OCH3 is 1. The second kappa shape index (κ2) is 17.1. The van der Waals surface area contributed by atoms with Crippen LogP contribution in [0.2, 0.25) is 0 Å². The zero-order valence-corrected chi connectivity index (χ0v) is 31.1. The second-order valence-corrected chi connectivity index (χ2v) is 14.9. The lowest BCUT2D eigenvalue weighted by molar-refractivity contribution is 0.0513. The number of hydrogen-bond donors (Lipinski definition) is 1. The smallest absolute Gasteiger partial charge is 0.407 e. The van der Waals surface area contributed by atoms with E-state index in [1.54, 1.807) is 7.11 Å². The van der Waals surface area contributed by atoms with Gasteiger partial charge in [-0.2, -0.15) is 0 Å². The number of benzene rings is 2. The van der Waals surface area contributed by atoms with Crippen molar-refractivity contribution in [3.05, 3.63) is 71.5 Å². The predicted molar refractivity (Wildman–Crippen MR) is 199 cm³/mol. The van der Waals surface area contributed by atoms with E-state index >= 15 is 0 Å². The van der Waals surface area contributed by atoms with Gasteiger partial charge >= 0.3 is 6.09 Å². The lowest BCUT2D eigenvalue weighted by Gasteiger charge is -2.30. The Morgan fingerprint density at radius 3 is 2.24 bits per heavy atom. The molecule has 0 saturated heterocycles. The summed E-state index contributed by atoms with van der Waals surface area (Å²) in [6, 6.07) is 18.7. The minimum Gasteiger partial charge on any atom is -0.497 e. The van der Waals surface area contributed by atoms with Gasteiger partial charge in [0.25, 0.3) is 5.88 Å². The summed E-state index contributed by atoms with van der Waals surface area (Å²) in [6.07, 6.45) is 6.87. The number of imidazole rings is 1. The first-order valence-corrected chi connectivity index (χ1v) is 18.3. The molecule has 10 heteroatoms. The molecule has 0 bridgehead atoms. The summed E-state index contributed by atoms with van der Waals surface area (Å²) in [6.45, 7) is 14.7. The van der Waals surface area contributed by atoms with Gasteiger partial charge in [0, 0.05) is 32.6 Å². The number of anilines is 1. The van der Waals surface area contributed by atoms with Crippen LogP contribution in [0.25, 0.3) is 11.0 Å². The molecule has 1 aliphatic rings. The van der Waals surface area contributed by atoms with Gasteiger partial charge in [0.05, 0.1) is 13.2 Å². The second-order valence-electron chi connectivity index (χ2n) is 14.9. The third kappa shape index (κ3) is 10.1. The normalized spacial score (nSPS) is 16.4. The molecule has 270 valence electrons. The van der Waals surface area contributed by atoms with Crippen LogP contribution in [0.1, 0.15) is 97.0 Å². The van der Waals surface area contributed by atoms with Gasteiger partial charge in [-0.05, 0) is 102 Å². The molecular formula is C40H56N6O4. The van der Waals surface area contributed by atoms with Crippen molar-refractivity contribution in [1.29, 1.82) is 0 Å². The fourth-order valence-corrected chi connectivity index (χ4v) is 6.68. The van der Waals surface area contributed by atoms with Crippen molar-refractivity contribution in [2.45, 2.75) is 118 Å². The van der Waals surface area contributed by atoms with E-state index in [0.717, 1.165) is 85.5 Å². The van der Waals surface area contributed by atoms with E-state index in [2.05, 4.69) is 58.1 Å². The van der Waals surface area contributed by atoms with Crippen molar-refractivity contribution in [3.8, 4) is 11.6 Å². The third-order valence-corrected chi connectivity index (χ3v) is 9.19. The summed E-state index contributed by atoms with van der Waals surface area (Å²) >= 11 is 0. The van der Waals surface area contributed by atoms with Crippen molar-refractivity contribution in [1.82, 2.24) is 25.1 Å². The molecule has 1 saturated carbocycles. The monoisotopic (exact) mass is 684 g/mol. The van der Waals surface area contributed by atoms with Crippen molar-refractivity contribution in [3.63, 3.8) is 0 Å². The van der Waals surface area contributed by atoms with Crippen molar-refractivity contribution in [2.24, 2.45) is 11.8 Å². The fourth-order valence-electron chi connectivity index (χ4n) is 6.68. The van der Waals surface area contributed by atoms with Gasteiger partial charge in [0.2, 0.25) is 0 Å². The van der Waals surface area contributed by atoms with Gasteiger partial charge in [-0.1, -0.05) is 55.8 Å². The molecule has 0 atom stereocenters. The molecule has 0 radical (unpaired) electrons. The van der Waals surface area contributed by atoms with E-state index in [-0.39, 0.29) is 12.2 Å². The van der Waals surface area contributed by atoms with Crippen LogP contribution >= 0.6 is 0 Å². The number of aromatic nitrogens is 4. The highest BCUT2D eigenvalue weighted by Crippen LogP contribution is 2.36. The van der Waals surface area contributed by atoms with Gasteiger partial charge in [-0.25, -0.2) is 9.78 Å². The Bertz CT molecular complexity index is 1660. The van der Waals surface area contributed by atoms with Crippen molar-refractivity contribution < 1.29 is 19.0 Å². The SMILES string of the molecule is CCCCc1nc2c(N(Cc3ccccc3)Cc3ccc(OC)cc3)nnc(OC(C)C)c2n1CC1CCC(CNC(=O)OC(C)(C)C)CC1. The molecule has 50 heavy (non-hydrogen) atoms. The molecular weight excluding hydrogens is 628 g/mol. The summed E-state index contributed by atoms with van der Waals surface area (Å²) in [7, 11) is 1.69. The number of nitrogens with zero attached hydrogens (tertiary/aromatic N) is 5. The van der Waals surface area contributed by atoms with E-state index in [4.69, 9.17) is 29.4 Å². The van der Waals surface area contributed by atoms with Crippen LogP contribution in [-0.4, -0.2) is 51.2 Å². The van der Waals surface area contributed by atoms with E-state index in [9.17, 15) is 4.79 Å². The molecule has 2 aromatic carbocycles. The molecule has 0 spiro atoms. The molecule has 4 aromatic rings. The number of aryl methyl sites for hydroxylation is 1. The minimum atomic E-state index is -0.499. The summed E-state index contributed by atoms with van der Waals surface area (Å²) in [5.41, 5.74) is 3.59. The maximum Gasteiger partial charge on any atom is 0.407 e. The molecule has 0 aliphatic heterocycles. The molecule has 1 N–H and O–H groups in total. The number of ether oxygens (including phenoxy) is 3. The molecule has 10 nitrogen and oxygen atoms in total. The Labute approximate surface area is 297 Å². The first-order chi connectivity index (χ1) is 24.0. The number of unbranched alkanes of at least 4 members (excludes halogenated alkanes) is 1. The molecule has 0 unspecified atom stereocenters. The number of carbonyl (C=O) groups excluding carboxylic acids is 1. The van der Waals surface area contributed by atoms with Gasteiger partial charge in [0.15, 0.2) is 5.82 Å². The Morgan fingerprint density at radius 2 is 1.62 bits per heavy atom. The van der Waals surface area contributed by atoms with Crippen LogP contribution in [0.15, 0.2) is 54.6 Å². The van der Waals surface area contributed by atoms with Crippen molar-refractivity contribution in [2.75, 3.05) is 18.6 Å². The lowest BCUT2D eigenvalue weighted by Crippen LogP contribution is -2.36. The maximum atomic E-state index is 12.3. The Morgan fingerprint density at radius 1 is 0.960 bits per heavy atom. The molecule has 2 aromatic heterocycles. The quantitative estimate of drug-likeness (QED) is 0.133. The number of fused-ring (bicyclic) bond motifs is 1. The molecule has 2 heterocycles. The Hall–Kier alpha value is -4.34. The van der Waals surface area contributed by atoms with Crippen LogP contribution in [0.3, 0.4) is 0 Å². The highest BCUT2D eigenvalue weighted by Gasteiger charge is 2.28. The first-order valence-electron chi connectivity index (χ1n) is 18.3. The Balaban J connectivity index is 1.47. The largest absolute Gasteiger partial charge is 0.497 e. The maximum absolute atomic E-state index is 12.3. The lowest BCUT2D eigenvalue weighted by atomic mass is 9.82. The molecule has 1 amide bonds. The van der Waals surface area contributed by atoms with Gasteiger partial charge in [0.1, 0.15) is 28.2 Å². The van der Waals surface area contributed by atoms with Gasteiger partial charge in [-0.15, -0.1) is 10.2 Å². The summed E-state index contributed by atoms with van der Waals surface area (Å²) in [4.78, 5) is 19.9. The number of rotatable bonds is 15. The van der Waals surface area contributed by atoms with Crippen LogP contribution in [0, 0.1) is 11.8 Å². The van der Waals surface area contributed by atoms with Crippen LogP contribution in [-0.2, 0) is 30.8 Å². The van der Waals surface area contributed by atoms with Crippen LogP contribution < -0.4 is 19.7 Å². The van der Waals surface area contributed by atoms with E-state index in [1.165, 1.54) is 5.56 Å². The number of alkyl carbamates (subject to hydrolysis) is 1. The Kier molecular flexibility index (Phi) is 12.6. The molecule has 5 rings (SSSR count). The standard InChI is InChI=1S/C40H56N6O4/c1-8-9-15-34-42-35-36(46(34)27-32-18-16-29(17-19-32)24-41-39(47)50-40(4,5)6)38(49-28(2)3)44-43-37(35)45(25-30-13-11-10-12-14-30)26-31-20-22-33(48-7)23-21-31/h10-14,20-23,28-29,32H,8-9,15-19,24-27H2,1-7H3,(H,41,47). The van der Waals surface area contributed by atoms with Gasteiger partial charge < -0.3 is 29.0 Å². The summed E-state index contributed by atoms with van der Waals surface area (Å²) < 4.78 is 19.6. The number of carbonyl (C=O) groups is 1. The van der Waals surface area contributed by atoms with Crippen LogP contribution in [0.4, 0.5) is 10.6 Å². The van der Waals surface area contributed by atoms with Gasteiger partial charge in [-0.3, -0.25) is 0 Å². The van der Waals surface area contributed by atoms with E-state index < -0.39 is 5.60 Å². The minimum absolute atomic E-state index is 0.0616. The van der Waals surface area contributed by atoms with E-state index in [1.807, 2.05) is 52.8 Å². The highest BCUT2D eigenvalue weighted by atomic mass is 16.6. The zero-order valence-electron chi connectivity index (χ0n) is 31.1. The first kappa shape index (κ1) is 36.9. The average Bonchev–Trinajstić information content (AvgIpc) is 3.44. The van der Waals surface area contributed by atoms with Crippen LogP contribution in [0.5, 0.6) is 11.6 Å². The number of nitrogens with one attached hydrogen (secondary N) is 1. The number of hydrogen-bond acceptors (Lipinski definition) is 8. The zero-order chi connectivity index (χ0) is 35.7. The molecule has 1 aliphatic carbocycles. The van der Waals surface area contributed by atoms with E-state index in [0.29, 0.717) is 37.4 Å². The highest BCUT2D eigenvalue weighted by molar-refractivity contribution is 5.90. The average molecular weight is 685 g/mol. The topological polar surface area (TPSA) is 104 Å². The predicted octanol–water partition coefficient (Wildman–Crippen LogP) is 8.50.